The first-order chi connectivity index (χ1) is 16.6. The van der Waals surface area contributed by atoms with Gasteiger partial charge >= 0.3 is 0 Å². The molecule has 2 amide bonds. The van der Waals surface area contributed by atoms with Crippen LogP contribution < -0.4 is 5.32 Å². The zero-order valence-electron chi connectivity index (χ0n) is 18.9. The van der Waals surface area contributed by atoms with Crippen LogP contribution in [0.4, 0.5) is 0 Å². The smallest absolute Gasteiger partial charge is 0.254 e. The second-order valence-electron chi connectivity index (χ2n) is 8.11. The molecule has 4 rings (SSSR count). The summed E-state index contributed by atoms with van der Waals surface area (Å²) in [6, 6.07) is 25.6. The summed E-state index contributed by atoms with van der Waals surface area (Å²) in [5.74, 6) is -0.602. The normalized spacial score (nSPS) is 17.4. The maximum absolute atomic E-state index is 13.3. The first-order valence-corrected chi connectivity index (χ1v) is 11.1. The van der Waals surface area contributed by atoms with Gasteiger partial charge in [0.25, 0.3) is 5.91 Å². The van der Waals surface area contributed by atoms with Crippen LogP contribution in [0.25, 0.3) is 11.1 Å². The molecule has 0 spiro atoms. The van der Waals surface area contributed by atoms with Crippen molar-refractivity contribution < 1.29 is 19.5 Å². The van der Waals surface area contributed by atoms with E-state index in [1.165, 1.54) is 12.0 Å². The van der Waals surface area contributed by atoms with Gasteiger partial charge in [0, 0.05) is 18.5 Å². The molecule has 0 saturated carbocycles. The molecule has 1 unspecified atom stereocenters. The van der Waals surface area contributed by atoms with Crippen molar-refractivity contribution in [1.82, 2.24) is 10.2 Å². The summed E-state index contributed by atoms with van der Waals surface area (Å²) in [6.07, 6.45) is -0.567. The molecule has 1 aliphatic rings. The standard InChI is InChI=1S/C27H27N3O4/c1-34-29-23-16-24(26(32)28-17-25(31)21-10-6-3-7-11-21)30(18-23)27(33)22-14-12-20(13-15-22)19-8-4-2-5-9-19/h2-15,24-25,31H,16-18H2,1H3,(H,28,32)/t24?,25-/m1/s1. The second kappa shape index (κ2) is 10.8. The quantitative estimate of drug-likeness (QED) is 0.532. The van der Waals surface area contributed by atoms with Crippen molar-refractivity contribution in [2.45, 2.75) is 18.6 Å². The minimum Gasteiger partial charge on any atom is -0.399 e. The molecule has 2 atom stereocenters. The van der Waals surface area contributed by atoms with E-state index >= 15 is 0 Å². The first kappa shape index (κ1) is 23.2. The van der Waals surface area contributed by atoms with Crippen molar-refractivity contribution >= 4 is 17.5 Å². The minimum atomic E-state index is -0.839. The summed E-state index contributed by atoms with van der Waals surface area (Å²) < 4.78 is 0. The third kappa shape index (κ3) is 5.32. The third-order valence-corrected chi connectivity index (χ3v) is 5.83. The van der Waals surface area contributed by atoms with Gasteiger partial charge in [-0.3, -0.25) is 9.59 Å². The van der Waals surface area contributed by atoms with Crippen molar-refractivity contribution in [2.75, 3.05) is 20.2 Å². The first-order valence-electron chi connectivity index (χ1n) is 11.1. The van der Waals surface area contributed by atoms with Crippen LogP contribution in [0.5, 0.6) is 0 Å². The molecule has 174 valence electrons. The van der Waals surface area contributed by atoms with Gasteiger partial charge in [0.1, 0.15) is 13.2 Å². The molecule has 1 aliphatic heterocycles. The predicted molar refractivity (Wildman–Crippen MR) is 130 cm³/mol. The summed E-state index contributed by atoms with van der Waals surface area (Å²) >= 11 is 0. The van der Waals surface area contributed by atoms with E-state index in [9.17, 15) is 14.7 Å². The maximum atomic E-state index is 13.3. The van der Waals surface area contributed by atoms with Gasteiger partial charge in [0.15, 0.2) is 0 Å². The number of aliphatic hydroxyl groups excluding tert-OH is 1. The highest BCUT2D eigenvalue weighted by Gasteiger charge is 2.38. The Hall–Kier alpha value is -3.97. The van der Waals surface area contributed by atoms with Gasteiger partial charge in [-0.05, 0) is 28.8 Å². The van der Waals surface area contributed by atoms with Gasteiger partial charge in [-0.15, -0.1) is 0 Å². The van der Waals surface area contributed by atoms with Crippen LogP contribution in [-0.2, 0) is 9.63 Å². The zero-order chi connectivity index (χ0) is 23.9. The van der Waals surface area contributed by atoms with E-state index in [4.69, 9.17) is 4.84 Å². The van der Waals surface area contributed by atoms with Crippen LogP contribution in [0.15, 0.2) is 90.1 Å². The minimum absolute atomic E-state index is 0.0455. The van der Waals surface area contributed by atoms with Gasteiger partial charge < -0.3 is 20.2 Å². The average Bonchev–Trinajstić information content (AvgIpc) is 3.32. The molecule has 1 saturated heterocycles. The Morgan fingerprint density at radius 1 is 1.00 bits per heavy atom. The summed E-state index contributed by atoms with van der Waals surface area (Å²) in [6.45, 7) is 0.246. The third-order valence-electron chi connectivity index (χ3n) is 5.83. The molecular weight excluding hydrogens is 430 g/mol. The molecule has 3 aromatic rings. The van der Waals surface area contributed by atoms with E-state index in [-0.39, 0.29) is 31.3 Å². The molecule has 3 aromatic carbocycles. The predicted octanol–water partition coefficient (Wildman–Crippen LogP) is 3.42. The lowest BCUT2D eigenvalue weighted by Crippen LogP contribution is -2.46. The average molecular weight is 458 g/mol. The highest BCUT2D eigenvalue weighted by Crippen LogP contribution is 2.23. The molecule has 7 heteroatoms. The van der Waals surface area contributed by atoms with Crippen LogP contribution >= 0.6 is 0 Å². The zero-order valence-corrected chi connectivity index (χ0v) is 18.9. The van der Waals surface area contributed by atoms with Gasteiger partial charge in [0.05, 0.1) is 18.4 Å². The fourth-order valence-electron chi connectivity index (χ4n) is 4.06. The molecule has 2 N–H and O–H groups in total. The van der Waals surface area contributed by atoms with Crippen molar-refractivity contribution in [3.63, 3.8) is 0 Å². The summed E-state index contributed by atoms with van der Waals surface area (Å²) in [7, 11) is 1.44. The number of nitrogens with one attached hydrogen (secondary N) is 1. The molecule has 0 radical (unpaired) electrons. The second-order valence-corrected chi connectivity index (χ2v) is 8.11. The van der Waals surface area contributed by atoms with Crippen molar-refractivity contribution in [1.29, 1.82) is 0 Å². The van der Waals surface area contributed by atoms with Gasteiger partial charge in [-0.2, -0.15) is 0 Å². The van der Waals surface area contributed by atoms with Crippen molar-refractivity contribution in [3.05, 3.63) is 96.1 Å². The van der Waals surface area contributed by atoms with Crippen LogP contribution in [-0.4, -0.2) is 53.8 Å². The lowest BCUT2D eigenvalue weighted by Gasteiger charge is -2.24. The fraction of sp³-hybridized carbons (Fsp3) is 0.222. The largest absolute Gasteiger partial charge is 0.399 e. The van der Waals surface area contributed by atoms with Gasteiger partial charge in [-0.25, -0.2) is 0 Å². The molecule has 7 nitrogen and oxygen atoms in total. The molecule has 34 heavy (non-hydrogen) atoms. The highest BCUT2D eigenvalue weighted by atomic mass is 16.6. The number of oxime groups is 1. The molecule has 1 heterocycles. The van der Waals surface area contributed by atoms with E-state index < -0.39 is 12.1 Å². The molecule has 0 aromatic heterocycles. The monoisotopic (exact) mass is 457 g/mol. The highest BCUT2D eigenvalue weighted by molar-refractivity contribution is 6.05. The number of aliphatic hydroxyl groups is 1. The summed E-state index contributed by atoms with van der Waals surface area (Å²) in [5.41, 5.74) is 3.87. The number of hydrogen-bond acceptors (Lipinski definition) is 5. The number of nitrogens with zero attached hydrogens (tertiary/aromatic N) is 2. The maximum Gasteiger partial charge on any atom is 0.254 e. The number of hydrogen-bond donors (Lipinski definition) is 2. The Labute approximate surface area is 198 Å². The van der Waals surface area contributed by atoms with Crippen LogP contribution in [0.3, 0.4) is 0 Å². The Balaban J connectivity index is 1.47. The van der Waals surface area contributed by atoms with E-state index in [0.29, 0.717) is 16.8 Å². The van der Waals surface area contributed by atoms with Crippen LogP contribution in [0.1, 0.15) is 28.4 Å². The number of benzene rings is 3. The summed E-state index contributed by atoms with van der Waals surface area (Å²) in [5, 5.41) is 17.1. The number of rotatable bonds is 7. The topological polar surface area (TPSA) is 91.2 Å². The number of carbonyl (C=O) groups excluding carboxylic acids is 2. The Bertz CT molecular complexity index is 1150. The van der Waals surface area contributed by atoms with E-state index in [2.05, 4.69) is 10.5 Å². The summed E-state index contributed by atoms with van der Waals surface area (Å²) in [4.78, 5) is 32.7. The number of likely N-dealkylation sites (tertiary alicyclic amines) is 1. The Morgan fingerprint density at radius 3 is 2.26 bits per heavy atom. The van der Waals surface area contributed by atoms with Crippen molar-refractivity contribution in [2.24, 2.45) is 5.16 Å². The Kier molecular flexibility index (Phi) is 7.34. The molecular formula is C27H27N3O4. The van der Waals surface area contributed by atoms with E-state index in [1.54, 1.807) is 24.3 Å². The SMILES string of the molecule is CON=C1CC(C(=O)NC[C@@H](O)c2ccccc2)N(C(=O)c2ccc(-c3ccccc3)cc2)C1. The Morgan fingerprint density at radius 2 is 1.62 bits per heavy atom. The van der Waals surface area contributed by atoms with Gasteiger partial charge in [0.2, 0.25) is 5.91 Å². The number of amides is 2. The van der Waals surface area contributed by atoms with Crippen LogP contribution in [0.2, 0.25) is 0 Å². The lowest BCUT2D eigenvalue weighted by atomic mass is 10.0. The van der Waals surface area contributed by atoms with E-state index in [0.717, 1.165) is 11.1 Å². The fourth-order valence-corrected chi connectivity index (χ4v) is 4.06. The molecule has 0 aliphatic carbocycles. The van der Waals surface area contributed by atoms with E-state index in [1.807, 2.05) is 60.7 Å². The van der Waals surface area contributed by atoms with Gasteiger partial charge in [-0.1, -0.05) is 78.0 Å². The lowest BCUT2D eigenvalue weighted by molar-refractivity contribution is -0.125. The van der Waals surface area contributed by atoms with Crippen LogP contribution in [0, 0.1) is 0 Å². The molecule has 1 fully saturated rings. The molecule has 0 bridgehead atoms. The number of carbonyl (C=O) groups is 2. The van der Waals surface area contributed by atoms with Crippen molar-refractivity contribution in [3.8, 4) is 11.1 Å².